The number of morpholine rings is 1. The smallest absolute Gasteiger partial charge is 0.254 e. The number of hydrogen-bond acceptors (Lipinski definition) is 9. The molecule has 3 aliphatic heterocycles. The third-order valence-electron chi connectivity index (χ3n) is 6.83. The van der Waals surface area contributed by atoms with Crippen molar-refractivity contribution in [2.24, 2.45) is 0 Å². The van der Waals surface area contributed by atoms with Gasteiger partial charge in [0.25, 0.3) is 5.91 Å². The lowest BCUT2D eigenvalue weighted by Gasteiger charge is -2.40. The summed E-state index contributed by atoms with van der Waals surface area (Å²) in [6.07, 6.45) is 7.84. The van der Waals surface area contributed by atoms with E-state index in [1.165, 1.54) is 0 Å². The van der Waals surface area contributed by atoms with Gasteiger partial charge in [-0.05, 0) is 31.8 Å². The Balaban J connectivity index is 1.28. The molecule has 1 aliphatic carbocycles. The normalized spacial score (nSPS) is 24.1. The number of carbonyl (C=O) groups excluding carboxylic acids is 2. The first-order chi connectivity index (χ1) is 16.1. The summed E-state index contributed by atoms with van der Waals surface area (Å²) in [5, 5.41) is 10.3. The Morgan fingerprint density at radius 1 is 1.06 bits per heavy atom. The molecule has 11 nitrogen and oxygen atoms in total. The third-order valence-corrected chi connectivity index (χ3v) is 6.83. The topological polar surface area (TPSA) is 117 Å². The van der Waals surface area contributed by atoms with E-state index in [2.05, 4.69) is 25.5 Å². The molecule has 0 atom stereocenters. The van der Waals surface area contributed by atoms with Gasteiger partial charge in [0, 0.05) is 49.4 Å². The minimum absolute atomic E-state index is 0.0797. The maximum atomic E-state index is 12.1. The van der Waals surface area contributed by atoms with E-state index in [4.69, 9.17) is 14.7 Å². The van der Waals surface area contributed by atoms with Crippen molar-refractivity contribution in [3.8, 4) is 0 Å². The van der Waals surface area contributed by atoms with Crippen molar-refractivity contribution in [1.82, 2.24) is 29.8 Å². The van der Waals surface area contributed by atoms with Crippen LogP contribution >= 0.6 is 0 Å². The molecule has 33 heavy (non-hydrogen) atoms. The zero-order valence-corrected chi connectivity index (χ0v) is 18.5. The number of hydrogen-bond donors (Lipinski definition) is 2. The Morgan fingerprint density at radius 2 is 1.85 bits per heavy atom. The summed E-state index contributed by atoms with van der Waals surface area (Å²) in [6, 6.07) is 0.985. The molecule has 0 radical (unpaired) electrons. The van der Waals surface area contributed by atoms with Crippen LogP contribution in [-0.2, 0) is 14.3 Å². The summed E-state index contributed by atoms with van der Waals surface area (Å²) >= 11 is 0. The number of aromatic nitrogens is 4. The number of anilines is 2. The average Bonchev–Trinajstić information content (AvgIpc) is 3.47. The van der Waals surface area contributed by atoms with Gasteiger partial charge in [-0.3, -0.25) is 19.8 Å². The molecule has 2 aromatic rings. The largest absolute Gasteiger partial charge is 0.379 e. The Morgan fingerprint density at radius 3 is 2.55 bits per heavy atom. The fourth-order valence-corrected chi connectivity index (χ4v) is 4.81. The molecular weight excluding hydrogens is 424 g/mol. The van der Waals surface area contributed by atoms with Crippen LogP contribution in [-0.4, -0.2) is 87.8 Å². The first-order valence-electron chi connectivity index (χ1n) is 11.8. The number of amides is 2. The second-order valence-corrected chi connectivity index (χ2v) is 9.19. The highest BCUT2D eigenvalue weighted by atomic mass is 16.5. The number of imide groups is 1. The van der Waals surface area contributed by atoms with E-state index < -0.39 is 0 Å². The standard InChI is InChI=1S/C22H28N8O3/c31-18-12-14(20(32)25-18)11-15-13-23-30-19(15)26-21(27-22(30)24-16-1-2-16)29-5-3-17(4-6-29)28-7-9-33-10-8-28/h11,13,16-17H,1-10,12H2,(H,24,26,27)(H,25,31,32)/b14-11+. The van der Waals surface area contributed by atoms with E-state index in [1.807, 2.05) is 0 Å². The first kappa shape index (κ1) is 20.5. The van der Waals surface area contributed by atoms with Gasteiger partial charge in [-0.15, -0.1) is 0 Å². The van der Waals surface area contributed by atoms with Crippen molar-refractivity contribution in [2.75, 3.05) is 49.6 Å². The fraction of sp³-hybridized carbons (Fsp3) is 0.591. The minimum Gasteiger partial charge on any atom is -0.379 e. The van der Waals surface area contributed by atoms with E-state index in [1.54, 1.807) is 16.8 Å². The van der Waals surface area contributed by atoms with Crippen molar-refractivity contribution < 1.29 is 14.3 Å². The van der Waals surface area contributed by atoms with Gasteiger partial charge in [0.2, 0.25) is 17.8 Å². The molecule has 174 valence electrons. The first-order valence-corrected chi connectivity index (χ1v) is 11.8. The summed E-state index contributed by atoms with van der Waals surface area (Å²) in [5.74, 6) is 0.718. The maximum absolute atomic E-state index is 12.1. The Hall–Kier alpha value is -3.05. The van der Waals surface area contributed by atoms with Crippen molar-refractivity contribution in [1.29, 1.82) is 0 Å². The summed E-state index contributed by atoms with van der Waals surface area (Å²) in [6.45, 7) is 5.43. The molecule has 0 spiro atoms. The number of nitrogens with zero attached hydrogens (tertiary/aromatic N) is 6. The van der Waals surface area contributed by atoms with Gasteiger partial charge in [-0.2, -0.15) is 19.6 Å². The van der Waals surface area contributed by atoms with E-state index in [-0.39, 0.29) is 18.2 Å². The van der Waals surface area contributed by atoms with Crippen LogP contribution in [0.4, 0.5) is 11.9 Å². The zero-order valence-electron chi connectivity index (χ0n) is 18.5. The number of nitrogens with one attached hydrogen (secondary N) is 2. The fourth-order valence-electron chi connectivity index (χ4n) is 4.81. The van der Waals surface area contributed by atoms with Crippen molar-refractivity contribution in [2.45, 2.75) is 44.2 Å². The third kappa shape index (κ3) is 4.18. The second kappa shape index (κ2) is 8.38. The van der Waals surface area contributed by atoms with E-state index in [0.29, 0.717) is 40.8 Å². The van der Waals surface area contributed by atoms with Crippen LogP contribution in [0.1, 0.15) is 37.7 Å². The molecule has 4 fully saturated rings. The monoisotopic (exact) mass is 452 g/mol. The average molecular weight is 453 g/mol. The van der Waals surface area contributed by atoms with E-state index in [9.17, 15) is 9.59 Å². The molecule has 1 saturated carbocycles. The van der Waals surface area contributed by atoms with E-state index in [0.717, 1.165) is 65.1 Å². The lowest BCUT2D eigenvalue weighted by Crippen LogP contribution is -2.49. The number of fused-ring (bicyclic) bond motifs is 1. The van der Waals surface area contributed by atoms with Crippen LogP contribution in [0.25, 0.3) is 11.7 Å². The molecule has 2 aromatic heterocycles. The zero-order chi connectivity index (χ0) is 22.4. The van der Waals surface area contributed by atoms with Crippen LogP contribution in [0.3, 0.4) is 0 Å². The molecule has 2 N–H and O–H groups in total. The molecular formula is C22H28N8O3. The van der Waals surface area contributed by atoms with Crippen LogP contribution in [0.15, 0.2) is 11.8 Å². The number of piperidine rings is 1. The highest BCUT2D eigenvalue weighted by Gasteiger charge is 2.29. The molecule has 0 unspecified atom stereocenters. The summed E-state index contributed by atoms with van der Waals surface area (Å²) in [5.41, 5.74) is 1.77. The summed E-state index contributed by atoms with van der Waals surface area (Å²) < 4.78 is 7.20. The Bertz CT molecular complexity index is 1110. The molecule has 2 amide bonds. The minimum atomic E-state index is -0.352. The van der Waals surface area contributed by atoms with Gasteiger partial charge in [0.05, 0.1) is 25.8 Å². The number of carbonyl (C=O) groups is 2. The molecule has 0 bridgehead atoms. The van der Waals surface area contributed by atoms with Crippen molar-refractivity contribution >= 4 is 35.4 Å². The van der Waals surface area contributed by atoms with Crippen LogP contribution in [0.2, 0.25) is 0 Å². The van der Waals surface area contributed by atoms with E-state index >= 15 is 0 Å². The van der Waals surface area contributed by atoms with Gasteiger partial charge < -0.3 is 15.0 Å². The predicted octanol–water partition coefficient (Wildman–Crippen LogP) is 0.430. The summed E-state index contributed by atoms with van der Waals surface area (Å²) in [7, 11) is 0. The lowest BCUT2D eigenvalue weighted by molar-refractivity contribution is -0.124. The quantitative estimate of drug-likeness (QED) is 0.492. The highest BCUT2D eigenvalue weighted by Crippen LogP contribution is 2.28. The number of ether oxygens (including phenoxy) is 1. The van der Waals surface area contributed by atoms with Gasteiger partial charge in [0.15, 0.2) is 5.65 Å². The van der Waals surface area contributed by atoms with Crippen LogP contribution < -0.4 is 15.5 Å². The Kier molecular flexibility index (Phi) is 5.22. The molecule has 6 rings (SSSR count). The van der Waals surface area contributed by atoms with Gasteiger partial charge >= 0.3 is 0 Å². The predicted molar refractivity (Wildman–Crippen MR) is 121 cm³/mol. The van der Waals surface area contributed by atoms with Gasteiger partial charge in [0.1, 0.15) is 0 Å². The molecule has 4 aliphatic rings. The van der Waals surface area contributed by atoms with Crippen molar-refractivity contribution in [3.05, 3.63) is 17.3 Å². The second-order valence-electron chi connectivity index (χ2n) is 9.19. The molecule has 5 heterocycles. The van der Waals surface area contributed by atoms with Crippen molar-refractivity contribution in [3.63, 3.8) is 0 Å². The van der Waals surface area contributed by atoms with Gasteiger partial charge in [-0.1, -0.05) is 0 Å². The number of rotatable bonds is 5. The van der Waals surface area contributed by atoms with Crippen LogP contribution in [0, 0.1) is 0 Å². The maximum Gasteiger partial charge on any atom is 0.254 e. The van der Waals surface area contributed by atoms with Gasteiger partial charge in [-0.25, -0.2) is 0 Å². The Labute approximate surface area is 191 Å². The summed E-state index contributed by atoms with van der Waals surface area (Å²) in [4.78, 5) is 38.1. The molecule has 11 heteroatoms. The van der Waals surface area contributed by atoms with Crippen LogP contribution in [0.5, 0.6) is 0 Å². The molecule has 0 aromatic carbocycles. The SMILES string of the molecule is O=C1C/C(=C\c2cnn3c(NC4CC4)nc(N4CCC(N5CCOCC5)CC4)nc23)C(=O)N1. The highest BCUT2D eigenvalue weighted by molar-refractivity contribution is 6.15. The molecule has 3 saturated heterocycles. The lowest BCUT2D eigenvalue weighted by atomic mass is 10.0.